The van der Waals surface area contributed by atoms with E-state index in [0.29, 0.717) is 5.95 Å². The lowest BCUT2D eigenvalue weighted by Crippen LogP contribution is -2.05. The van der Waals surface area contributed by atoms with E-state index in [1.54, 1.807) is 6.20 Å². The highest BCUT2D eigenvalue weighted by Crippen LogP contribution is 2.03. The average Bonchev–Trinajstić information content (AvgIpc) is 2.13. The zero-order valence-electron chi connectivity index (χ0n) is 7.95. The maximum absolute atomic E-state index is 5.43. The van der Waals surface area contributed by atoms with Gasteiger partial charge < -0.3 is 11.1 Å². The van der Waals surface area contributed by atoms with Crippen LogP contribution >= 0.6 is 0 Å². The van der Waals surface area contributed by atoms with Crippen molar-refractivity contribution in [2.75, 3.05) is 17.6 Å². The Hall–Kier alpha value is -1.32. The molecule has 1 rings (SSSR count). The van der Waals surface area contributed by atoms with E-state index in [2.05, 4.69) is 22.2 Å². The molecule has 13 heavy (non-hydrogen) atoms. The Morgan fingerprint density at radius 2 is 2.31 bits per heavy atom. The minimum atomic E-state index is 0.320. The van der Waals surface area contributed by atoms with E-state index < -0.39 is 0 Å². The maximum atomic E-state index is 5.43. The molecule has 3 N–H and O–H groups in total. The molecule has 4 nitrogen and oxygen atoms in total. The van der Waals surface area contributed by atoms with Crippen LogP contribution in [0.5, 0.6) is 0 Å². The Bertz CT molecular complexity index is 249. The van der Waals surface area contributed by atoms with E-state index in [0.717, 1.165) is 12.4 Å². The summed E-state index contributed by atoms with van der Waals surface area (Å²) in [4.78, 5) is 7.84. The Balaban J connectivity index is 2.28. The van der Waals surface area contributed by atoms with Gasteiger partial charge in [-0.2, -0.15) is 4.98 Å². The van der Waals surface area contributed by atoms with E-state index in [9.17, 15) is 0 Å². The first kappa shape index (κ1) is 9.77. The van der Waals surface area contributed by atoms with Crippen LogP contribution in [0, 0.1) is 0 Å². The van der Waals surface area contributed by atoms with Crippen molar-refractivity contribution in [1.29, 1.82) is 0 Å². The van der Waals surface area contributed by atoms with Crippen molar-refractivity contribution in [2.24, 2.45) is 0 Å². The number of nitrogens with one attached hydrogen (secondary N) is 1. The molecule has 0 aliphatic rings. The van der Waals surface area contributed by atoms with Gasteiger partial charge in [-0.05, 0) is 12.5 Å². The molecule has 0 aromatic carbocycles. The molecule has 0 radical (unpaired) electrons. The molecule has 1 heterocycles. The quantitative estimate of drug-likeness (QED) is 0.676. The van der Waals surface area contributed by atoms with Crippen molar-refractivity contribution in [3.63, 3.8) is 0 Å². The molecule has 0 aliphatic carbocycles. The normalized spacial score (nSPS) is 9.92. The number of unbranched alkanes of at least 4 members (excludes halogenated alkanes) is 2. The van der Waals surface area contributed by atoms with Gasteiger partial charge in [0.15, 0.2) is 0 Å². The van der Waals surface area contributed by atoms with Gasteiger partial charge in [0.05, 0.1) is 0 Å². The van der Waals surface area contributed by atoms with Crippen LogP contribution in [0.1, 0.15) is 26.2 Å². The van der Waals surface area contributed by atoms with Gasteiger partial charge in [-0.1, -0.05) is 19.8 Å². The second kappa shape index (κ2) is 5.35. The molecule has 0 atom stereocenters. The zero-order chi connectivity index (χ0) is 9.52. The van der Waals surface area contributed by atoms with E-state index in [1.165, 1.54) is 19.3 Å². The van der Waals surface area contributed by atoms with E-state index in [4.69, 9.17) is 5.73 Å². The number of hydrogen-bond donors (Lipinski definition) is 2. The molecule has 0 amide bonds. The minimum Gasteiger partial charge on any atom is -0.370 e. The highest BCUT2D eigenvalue weighted by molar-refractivity contribution is 5.36. The van der Waals surface area contributed by atoms with Crippen molar-refractivity contribution in [3.05, 3.63) is 12.3 Å². The Morgan fingerprint density at radius 3 is 3.00 bits per heavy atom. The largest absolute Gasteiger partial charge is 0.370 e. The molecule has 0 saturated heterocycles. The Kier molecular flexibility index (Phi) is 4.02. The first-order valence-corrected chi connectivity index (χ1v) is 4.65. The number of anilines is 2. The Labute approximate surface area is 78.6 Å². The fourth-order valence-corrected chi connectivity index (χ4v) is 1.06. The number of nitrogens with two attached hydrogens (primary N) is 1. The molecule has 0 unspecified atom stereocenters. The van der Waals surface area contributed by atoms with Crippen molar-refractivity contribution >= 4 is 11.8 Å². The van der Waals surface area contributed by atoms with Crippen LogP contribution < -0.4 is 11.1 Å². The van der Waals surface area contributed by atoms with Crippen LogP contribution in [0.3, 0.4) is 0 Å². The molecule has 0 saturated carbocycles. The highest BCUT2D eigenvalue weighted by Gasteiger charge is 1.93. The zero-order valence-corrected chi connectivity index (χ0v) is 7.95. The summed E-state index contributed by atoms with van der Waals surface area (Å²) in [6.45, 7) is 3.13. The molecular weight excluding hydrogens is 164 g/mol. The first-order chi connectivity index (χ1) is 6.33. The molecular formula is C9H16N4. The summed E-state index contributed by atoms with van der Waals surface area (Å²) in [6, 6.07) is 1.82. The van der Waals surface area contributed by atoms with Crippen molar-refractivity contribution in [2.45, 2.75) is 26.2 Å². The summed E-state index contributed by atoms with van der Waals surface area (Å²) in [5, 5.41) is 3.19. The topological polar surface area (TPSA) is 63.8 Å². The summed E-state index contributed by atoms with van der Waals surface area (Å²) in [5.41, 5.74) is 5.43. The summed E-state index contributed by atoms with van der Waals surface area (Å²) >= 11 is 0. The second-order valence-electron chi connectivity index (χ2n) is 2.93. The maximum Gasteiger partial charge on any atom is 0.221 e. The van der Waals surface area contributed by atoms with Gasteiger partial charge in [-0.15, -0.1) is 0 Å². The average molecular weight is 180 g/mol. The molecule has 0 bridgehead atoms. The highest BCUT2D eigenvalue weighted by atomic mass is 15.1. The van der Waals surface area contributed by atoms with Gasteiger partial charge in [0.2, 0.25) is 5.95 Å². The van der Waals surface area contributed by atoms with Crippen LogP contribution in [0.4, 0.5) is 11.8 Å². The minimum absolute atomic E-state index is 0.320. The number of hydrogen-bond acceptors (Lipinski definition) is 4. The number of aromatic nitrogens is 2. The van der Waals surface area contributed by atoms with Gasteiger partial charge in [-0.25, -0.2) is 4.98 Å². The van der Waals surface area contributed by atoms with Crippen LogP contribution in [-0.4, -0.2) is 16.5 Å². The molecule has 0 aliphatic heterocycles. The molecule has 4 heteroatoms. The van der Waals surface area contributed by atoms with E-state index in [1.807, 2.05) is 6.07 Å². The number of nitrogen functional groups attached to an aromatic ring is 1. The van der Waals surface area contributed by atoms with Gasteiger partial charge in [0.25, 0.3) is 0 Å². The van der Waals surface area contributed by atoms with Gasteiger partial charge in [0.1, 0.15) is 5.82 Å². The summed E-state index contributed by atoms with van der Waals surface area (Å²) in [7, 11) is 0. The lowest BCUT2D eigenvalue weighted by atomic mass is 10.2. The van der Waals surface area contributed by atoms with E-state index in [-0.39, 0.29) is 0 Å². The number of nitrogens with zero attached hydrogens (tertiary/aromatic N) is 2. The predicted octanol–water partition coefficient (Wildman–Crippen LogP) is 1.66. The van der Waals surface area contributed by atoms with Crippen LogP contribution in [0.25, 0.3) is 0 Å². The Morgan fingerprint density at radius 1 is 1.46 bits per heavy atom. The summed E-state index contributed by atoms with van der Waals surface area (Å²) in [6.07, 6.45) is 5.30. The van der Waals surface area contributed by atoms with Gasteiger partial charge >= 0.3 is 0 Å². The van der Waals surface area contributed by atoms with Crippen LogP contribution in [0.15, 0.2) is 12.3 Å². The lowest BCUT2D eigenvalue weighted by Gasteiger charge is -2.04. The molecule has 72 valence electrons. The molecule has 0 fully saturated rings. The summed E-state index contributed by atoms with van der Waals surface area (Å²) < 4.78 is 0. The fraction of sp³-hybridized carbons (Fsp3) is 0.556. The fourth-order valence-electron chi connectivity index (χ4n) is 1.06. The van der Waals surface area contributed by atoms with Crippen molar-refractivity contribution < 1.29 is 0 Å². The molecule has 0 spiro atoms. The third-order valence-electron chi connectivity index (χ3n) is 1.76. The van der Waals surface area contributed by atoms with Gasteiger partial charge in [0, 0.05) is 12.7 Å². The SMILES string of the molecule is CCCCCNc1ccnc(N)n1. The van der Waals surface area contributed by atoms with E-state index >= 15 is 0 Å². The van der Waals surface area contributed by atoms with Crippen LogP contribution in [-0.2, 0) is 0 Å². The molecule has 1 aromatic heterocycles. The third kappa shape index (κ3) is 3.73. The lowest BCUT2D eigenvalue weighted by molar-refractivity contribution is 0.742. The number of rotatable bonds is 5. The second-order valence-corrected chi connectivity index (χ2v) is 2.93. The van der Waals surface area contributed by atoms with Crippen LogP contribution in [0.2, 0.25) is 0 Å². The summed E-state index contributed by atoms with van der Waals surface area (Å²) in [5.74, 6) is 1.13. The molecule has 1 aromatic rings. The van der Waals surface area contributed by atoms with Crippen molar-refractivity contribution in [1.82, 2.24) is 9.97 Å². The van der Waals surface area contributed by atoms with Crippen molar-refractivity contribution in [3.8, 4) is 0 Å². The predicted molar refractivity (Wildman–Crippen MR) is 54.5 cm³/mol. The first-order valence-electron chi connectivity index (χ1n) is 4.65. The standard InChI is InChI=1S/C9H16N4/c1-2-3-4-6-11-8-5-7-12-9(10)13-8/h5,7H,2-4,6H2,1H3,(H3,10,11,12,13). The van der Waals surface area contributed by atoms with Gasteiger partial charge in [-0.3, -0.25) is 0 Å². The third-order valence-corrected chi connectivity index (χ3v) is 1.76. The monoisotopic (exact) mass is 180 g/mol. The smallest absolute Gasteiger partial charge is 0.221 e.